The van der Waals surface area contributed by atoms with E-state index in [0.717, 1.165) is 11.1 Å². The minimum absolute atomic E-state index is 0.108. The summed E-state index contributed by atoms with van der Waals surface area (Å²) in [6.45, 7) is 0.127. The van der Waals surface area contributed by atoms with E-state index in [1.165, 1.54) is 7.11 Å². The van der Waals surface area contributed by atoms with Gasteiger partial charge in [-0.15, -0.1) is 0 Å². The van der Waals surface area contributed by atoms with Crippen LogP contribution in [0.1, 0.15) is 21.5 Å². The Hall–Kier alpha value is -2.04. The third kappa shape index (κ3) is 4.98. The summed E-state index contributed by atoms with van der Waals surface area (Å²) >= 11 is 11.7. The Kier molecular flexibility index (Phi) is 6.02. The van der Waals surface area contributed by atoms with Gasteiger partial charge in [0.1, 0.15) is 6.61 Å². The number of methoxy groups -OCH3 is 1. The SMILES string of the molecule is COC(=O)c1ccc(COC(=O)Cc2ccc(Cl)c(Cl)c2)cc1. The number of esters is 2. The predicted octanol–water partition coefficient (Wildman–Crippen LogP) is 4.07. The van der Waals surface area contributed by atoms with Crippen molar-refractivity contribution in [2.24, 2.45) is 0 Å². The Morgan fingerprint density at radius 3 is 2.22 bits per heavy atom. The highest BCUT2D eigenvalue weighted by Gasteiger charge is 2.08. The summed E-state index contributed by atoms with van der Waals surface area (Å²) in [5.74, 6) is -0.784. The largest absolute Gasteiger partial charge is 0.465 e. The molecule has 2 aromatic rings. The Bertz CT molecular complexity index is 711. The molecule has 0 spiro atoms. The fourth-order valence-electron chi connectivity index (χ4n) is 1.89. The van der Waals surface area contributed by atoms with E-state index in [9.17, 15) is 9.59 Å². The average Bonchev–Trinajstić information content (AvgIpc) is 2.56. The normalized spacial score (nSPS) is 10.2. The van der Waals surface area contributed by atoms with Crippen LogP contribution in [0.4, 0.5) is 0 Å². The Morgan fingerprint density at radius 2 is 1.61 bits per heavy atom. The number of hydrogen-bond acceptors (Lipinski definition) is 4. The van der Waals surface area contributed by atoms with Crippen molar-refractivity contribution in [1.29, 1.82) is 0 Å². The molecule has 0 aliphatic carbocycles. The highest BCUT2D eigenvalue weighted by molar-refractivity contribution is 6.42. The minimum atomic E-state index is -0.409. The lowest BCUT2D eigenvalue weighted by Crippen LogP contribution is -2.08. The molecule has 0 aliphatic heterocycles. The molecule has 4 nitrogen and oxygen atoms in total. The summed E-state index contributed by atoms with van der Waals surface area (Å²) in [6, 6.07) is 11.6. The van der Waals surface area contributed by atoms with Gasteiger partial charge in [-0.2, -0.15) is 0 Å². The van der Waals surface area contributed by atoms with Crippen LogP contribution in [0, 0.1) is 0 Å². The van der Waals surface area contributed by atoms with Gasteiger partial charge in [-0.3, -0.25) is 4.79 Å². The maximum absolute atomic E-state index is 11.8. The molecule has 0 bridgehead atoms. The Labute approximate surface area is 143 Å². The van der Waals surface area contributed by atoms with E-state index in [0.29, 0.717) is 15.6 Å². The molecule has 2 rings (SSSR count). The van der Waals surface area contributed by atoms with Crippen molar-refractivity contribution in [3.05, 3.63) is 69.2 Å². The van der Waals surface area contributed by atoms with Crippen LogP contribution in [0.5, 0.6) is 0 Å². The van der Waals surface area contributed by atoms with Crippen molar-refractivity contribution in [3.8, 4) is 0 Å². The highest BCUT2D eigenvalue weighted by Crippen LogP contribution is 2.23. The molecule has 120 valence electrons. The zero-order chi connectivity index (χ0) is 16.8. The molecule has 0 amide bonds. The summed E-state index contributed by atoms with van der Waals surface area (Å²) in [4.78, 5) is 23.1. The summed E-state index contributed by atoms with van der Waals surface area (Å²) in [6.07, 6.45) is 0.108. The number of carbonyl (C=O) groups is 2. The van der Waals surface area contributed by atoms with Crippen molar-refractivity contribution in [2.45, 2.75) is 13.0 Å². The molecular formula is C17H14Cl2O4. The molecule has 0 aromatic heterocycles. The maximum Gasteiger partial charge on any atom is 0.337 e. The molecule has 6 heteroatoms. The van der Waals surface area contributed by atoms with E-state index < -0.39 is 5.97 Å². The topological polar surface area (TPSA) is 52.6 Å². The van der Waals surface area contributed by atoms with Crippen molar-refractivity contribution < 1.29 is 19.1 Å². The predicted molar refractivity (Wildman–Crippen MR) is 87.7 cm³/mol. The summed E-state index contributed by atoms with van der Waals surface area (Å²) in [5.41, 5.74) is 1.95. The minimum Gasteiger partial charge on any atom is -0.465 e. The first-order chi connectivity index (χ1) is 11.0. The molecule has 0 saturated carbocycles. The van der Waals surface area contributed by atoms with Crippen molar-refractivity contribution in [1.82, 2.24) is 0 Å². The molecule has 0 aliphatic rings. The first kappa shape index (κ1) is 17.3. The van der Waals surface area contributed by atoms with Gasteiger partial charge in [0.15, 0.2) is 0 Å². The molecule has 0 radical (unpaired) electrons. The Balaban J connectivity index is 1.88. The van der Waals surface area contributed by atoms with Crippen molar-refractivity contribution in [2.75, 3.05) is 7.11 Å². The number of benzene rings is 2. The lowest BCUT2D eigenvalue weighted by atomic mass is 10.1. The molecule has 0 atom stereocenters. The fourth-order valence-corrected chi connectivity index (χ4v) is 2.21. The molecule has 2 aromatic carbocycles. The van der Waals surface area contributed by atoms with Crippen molar-refractivity contribution in [3.63, 3.8) is 0 Å². The molecule has 0 unspecified atom stereocenters. The van der Waals surface area contributed by atoms with Gasteiger partial charge in [-0.25, -0.2) is 4.79 Å². The average molecular weight is 353 g/mol. The molecular weight excluding hydrogens is 339 g/mol. The van der Waals surface area contributed by atoms with Crippen LogP contribution in [-0.2, 0) is 27.3 Å². The number of ether oxygens (including phenoxy) is 2. The maximum atomic E-state index is 11.8. The second-order valence-electron chi connectivity index (χ2n) is 4.77. The van der Waals surface area contributed by atoms with E-state index in [1.807, 2.05) is 0 Å². The molecule has 0 N–H and O–H groups in total. The van der Waals surface area contributed by atoms with Crippen LogP contribution in [0.15, 0.2) is 42.5 Å². The third-order valence-corrected chi connectivity index (χ3v) is 3.85. The first-order valence-corrected chi connectivity index (χ1v) is 7.52. The van der Waals surface area contributed by atoms with E-state index in [2.05, 4.69) is 4.74 Å². The van der Waals surface area contributed by atoms with Gasteiger partial charge >= 0.3 is 11.9 Å². The lowest BCUT2D eigenvalue weighted by Gasteiger charge is -2.06. The standard InChI is InChI=1S/C17H14Cl2O4/c1-22-17(21)13-5-2-11(3-6-13)10-23-16(20)9-12-4-7-14(18)15(19)8-12/h2-8H,9-10H2,1H3. The second kappa shape index (κ2) is 7.99. The van der Waals surface area contributed by atoms with Crippen LogP contribution in [0.3, 0.4) is 0 Å². The van der Waals surface area contributed by atoms with Gasteiger partial charge < -0.3 is 9.47 Å². The highest BCUT2D eigenvalue weighted by atomic mass is 35.5. The van der Waals surface area contributed by atoms with Crippen LogP contribution < -0.4 is 0 Å². The smallest absolute Gasteiger partial charge is 0.337 e. The molecule has 0 fully saturated rings. The van der Waals surface area contributed by atoms with E-state index >= 15 is 0 Å². The van der Waals surface area contributed by atoms with Gasteiger partial charge in [0.05, 0.1) is 29.1 Å². The zero-order valence-electron chi connectivity index (χ0n) is 12.3. The van der Waals surface area contributed by atoms with Gasteiger partial charge in [0, 0.05) is 0 Å². The zero-order valence-corrected chi connectivity index (χ0v) is 13.9. The molecule has 23 heavy (non-hydrogen) atoms. The van der Waals surface area contributed by atoms with Crippen LogP contribution >= 0.6 is 23.2 Å². The number of carbonyl (C=O) groups excluding carboxylic acids is 2. The number of hydrogen-bond donors (Lipinski definition) is 0. The van der Waals surface area contributed by atoms with Crippen LogP contribution in [0.25, 0.3) is 0 Å². The van der Waals surface area contributed by atoms with E-state index in [4.69, 9.17) is 27.9 Å². The summed E-state index contributed by atoms with van der Waals surface area (Å²) in [7, 11) is 1.32. The summed E-state index contributed by atoms with van der Waals surface area (Å²) in [5, 5.41) is 0.838. The second-order valence-corrected chi connectivity index (χ2v) is 5.59. The van der Waals surface area contributed by atoms with Crippen molar-refractivity contribution >= 4 is 35.1 Å². The van der Waals surface area contributed by atoms with Gasteiger partial charge in [0.25, 0.3) is 0 Å². The monoisotopic (exact) mass is 352 g/mol. The number of rotatable bonds is 5. The Morgan fingerprint density at radius 1 is 0.957 bits per heavy atom. The van der Waals surface area contributed by atoms with E-state index in [1.54, 1.807) is 42.5 Å². The molecule has 0 heterocycles. The third-order valence-electron chi connectivity index (χ3n) is 3.11. The first-order valence-electron chi connectivity index (χ1n) is 6.76. The van der Waals surface area contributed by atoms with Gasteiger partial charge in [-0.1, -0.05) is 41.4 Å². The quantitative estimate of drug-likeness (QED) is 0.761. The van der Waals surface area contributed by atoms with Gasteiger partial charge in [0.2, 0.25) is 0 Å². The van der Waals surface area contributed by atoms with Crippen LogP contribution in [-0.4, -0.2) is 19.0 Å². The van der Waals surface area contributed by atoms with Crippen LogP contribution in [0.2, 0.25) is 10.0 Å². The number of halogens is 2. The summed E-state index contributed by atoms with van der Waals surface area (Å²) < 4.78 is 9.81. The van der Waals surface area contributed by atoms with Gasteiger partial charge in [-0.05, 0) is 35.4 Å². The van der Waals surface area contributed by atoms with E-state index in [-0.39, 0.29) is 19.0 Å². The lowest BCUT2D eigenvalue weighted by molar-refractivity contribution is -0.144. The molecule has 0 saturated heterocycles. The fraction of sp³-hybridized carbons (Fsp3) is 0.176.